The van der Waals surface area contributed by atoms with Crippen molar-refractivity contribution in [2.75, 3.05) is 7.11 Å². The van der Waals surface area contributed by atoms with Crippen LogP contribution in [-0.2, 0) is 0 Å². The van der Waals surface area contributed by atoms with Crippen LogP contribution in [0.15, 0.2) is 36.4 Å². The first-order valence-corrected chi connectivity index (χ1v) is 6.18. The van der Waals surface area contributed by atoms with E-state index in [4.69, 9.17) is 10.5 Å². The van der Waals surface area contributed by atoms with Gasteiger partial charge in [0.2, 0.25) is 0 Å². The molecule has 0 aromatic heterocycles. The highest BCUT2D eigenvalue weighted by Crippen LogP contribution is 2.26. The summed E-state index contributed by atoms with van der Waals surface area (Å²) in [4.78, 5) is 0. The molecule has 1 unspecified atom stereocenters. The van der Waals surface area contributed by atoms with Crippen LogP contribution in [0.2, 0.25) is 0 Å². The summed E-state index contributed by atoms with van der Waals surface area (Å²) >= 11 is 0. The second kappa shape index (κ2) is 5.41. The fourth-order valence-corrected chi connectivity index (χ4v) is 2.25. The van der Waals surface area contributed by atoms with Gasteiger partial charge in [0.05, 0.1) is 13.2 Å². The minimum Gasteiger partial charge on any atom is -0.497 e. The molecule has 0 saturated heterocycles. The number of methoxy groups -OCH3 is 1. The maximum absolute atomic E-state index is 13.4. The molecule has 0 aliphatic rings. The van der Waals surface area contributed by atoms with Crippen molar-refractivity contribution in [1.29, 1.82) is 0 Å². The fraction of sp³-hybridized carbons (Fsp3) is 0.250. The van der Waals surface area contributed by atoms with Gasteiger partial charge >= 0.3 is 0 Å². The van der Waals surface area contributed by atoms with Gasteiger partial charge in [-0.2, -0.15) is 0 Å². The van der Waals surface area contributed by atoms with Crippen LogP contribution in [-0.4, -0.2) is 7.11 Å². The van der Waals surface area contributed by atoms with E-state index >= 15 is 0 Å². The molecule has 0 fully saturated rings. The lowest BCUT2D eigenvalue weighted by Gasteiger charge is -2.16. The van der Waals surface area contributed by atoms with E-state index in [-0.39, 0.29) is 11.9 Å². The van der Waals surface area contributed by atoms with Crippen molar-refractivity contribution >= 4 is 0 Å². The van der Waals surface area contributed by atoms with Gasteiger partial charge in [-0.05, 0) is 60.4 Å². The van der Waals surface area contributed by atoms with E-state index < -0.39 is 0 Å². The number of aryl methyl sites for hydroxylation is 2. The van der Waals surface area contributed by atoms with Crippen LogP contribution >= 0.6 is 0 Å². The monoisotopic (exact) mass is 259 g/mol. The van der Waals surface area contributed by atoms with Crippen LogP contribution in [0.25, 0.3) is 0 Å². The quantitative estimate of drug-likeness (QED) is 0.915. The van der Waals surface area contributed by atoms with Crippen molar-refractivity contribution < 1.29 is 9.13 Å². The van der Waals surface area contributed by atoms with Crippen molar-refractivity contribution in [2.24, 2.45) is 5.73 Å². The third kappa shape index (κ3) is 2.93. The number of hydrogen-bond donors (Lipinski definition) is 1. The average molecular weight is 259 g/mol. The number of rotatable bonds is 3. The highest BCUT2D eigenvalue weighted by atomic mass is 19.1. The summed E-state index contributed by atoms with van der Waals surface area (Å²) in [6.07, 6.45) is 0. The van der Waals surface area contributed by atoms with Crippen LogP contribution in [0.3, 0.4) is 0 Å². The first kappa shape index (κ1) is 13.6. The zero-order valence-electron chi connectivity index (χ0n) is 11.4. The maximum Gasteiger partial charge on any atom is 0.123 e. The van der Waals surface area contributed by atoms with Crippen molar-refractivity contribution in [1.82, 2.24) is 0 Å². The molecule has 19 heavy (non-hydrogen) atoms. The second-order valence-electron chi connectivity index (χ2n) is 4.76. The molecule has 0 heterocycles. The lowest BCUT2D eigenvalue weighted by atomic mass is 9.94. The highest BCUT2D eigenvalue weighted by Gasteiger charge is 2.13. The van der Waals surface area contributed by atoms with Gasteiger partial charge < -0.3 is 10.5 Å². The zero-order valence-corrected chi connectivity index (χ0v) is 11.4. The van der Waals surface area contributed by atoms with E-state index in [2.05, 4.69) is 0 Å². The number of nitrogens with two attached hydrogens (primary N) is 1. The smallest absolute Gasteiger partial charge is 0.123 e. The van der Waals surface area contributed by atoms with E-state index in [1.807, 2.05) is 38.1 Å². The summed E-state index contributed by atoms with van der Waals surface area (Å²) in [6.45, 7) is 3.84. The second-order valence-corrected chi connectivity index (χ2v) is 4.76. The Hall–Kier alpha value is -1.87. The maximum atomic E-state index is 13.4. The SMILES string of the molecule is COc1ccc(C(N)c2cc(C)cc(F)c2)c(C)c1. The summed E-state index contributed by atoms with van der Waals surface area (Å²) in [5, 5.41) is 0. The van der Waals surface area contributed by atoms with Crippen molar-refractivity contribution in [3.05, 3.63) is 64.5 Å². The molecular weight excluding hydrogens is 241 g/mol. The van der Waals surface area contributed by atoms with Crippen LogP contribution in [0.4, 0.5) is 4.39 Å². The lowest BCUT2D eigenvalue weighted by molar-refractivity contribution is 0.414. The third-order valence-corrected chi connectivity index (χ3v) is 3.24. The predicted molar refractivity (Wildman–Crippen MR) is 74.9 cm³/mol. The molecular formula is C16H18FNO. The van der Waals surface area contributed by atoms with Crippen molar-refractivity contribution in [2.45, 2.75) is 19.9 Å². The Morgan fingerprint density at radius 3 is 2.42 bits per heavy atom. The number of ether oxygens (including phenoxy) is 1. The van der Waals surface area contributed by atoms with Crippen LogP contribution in [0, 0.1) is 19.7 Å². The third-order valence-electron chi connectivity index (χ3n) is 3.24. The molecule has 2 aromatic rings. The molecule has 0 spiro atoms. The molecule has 100 valence electrons. The first-order valence-electron chi connectivity index (χ1n) is 6.18. The van der Waals surface area contributed by atoms with E-state index in [1.165, 1.54) is 12.1 Å². The van der Waals surface area contributed by atoms with E-state index in [1.54, 1.807) is 7.11 Å². The van der Waals surface area contributed by atoms with Gasteiger partial charge in [0.1, 0.15) is 11.6 Å². The van der Waals surface area contributed by atoms with Crippen LogP contribution < -0.4 is 10.5 Å². The predicted octanol–water partition coefficient (Wildman–Crippen LogP) is 3.50. The van der Waals surface area contributed by atoms with Gasteiger partial charge in [-0.25, -0.2) is 4.39 Å². The summed E-state index contributed by atoms with van der Waals surface area (Å²) < 4.78 is 18.6. The Morgan fingerprint density at radius 2 is 1.84 bits per heavy atom. The van der Waals surface area contributed by atoms with Gasteiger partial charge in [0.15, 0.2) is 0 Å². The standard InChI is InChI=1S/C16H18FNO/c1-10-6-12(9-13(17)7-10)16(18)15-5-4-14(19-3)8-11(15)2/h4-9,16H,18H2,1-3H3. The Kier molecular flexibility index (Phi) is 3.86. The molecule has 3 heteroatoms. The Balaban J connectivity index is 2.40. The van der Waals surface area contributed by atoms with Crippen LogP contribution in [0.1, 0.15) is 28.3 Å². The molecule has 0 saturated carbocycles. The number of halogens is 1. The lowest BCUT2D eigenvalue weighted by Crippen LogP contribution is -2.13. The molecule has 1 atom stereocenters. The van der Waals surface area contributed by atoms with E-state index in [0.717, 1.165) is 28.0 Å². The van der Waals surface area contributed by atoms with E-state index in [0.29, 0.717) is 0 Å². The topological polar surface area (TPSA) is 35.2 Å². The molecule has 2 N–H and O–H groups in total. The summed E-state index contributed by atoms with van der Waals surface area (Å²) in [5.74, 6) is 0.542. The molecule has 2 nitrogen and oxygen atoms in total. The van der Waals surface area contributed by atoms with E-state index in [9.17, 15) is 4.39 Å². The first-order chi connectivity index (χ1) is 9.01. The highest BCUT2D eigenvalue weighted by molar-refractivity contribution is 5.41. The molecule has 2 rings (SSSR count). The fourth-order valence-electron chi connectivity index (χ4n) is 2.25. The minimum atomic E-state index is -0.333. The number of hydrogen-bond acceptors (Lipinski definition) is 2. The van der Waals surface area contributed by atoms with Crippen molar-refractivity contribution in [3.8, 4) is 5.75 Å². The van der Waals surface area contributed by atoms with Crippen molar-refractivity contribution in [3.63, 3.8) is 0 Å². The molecule has 0 aliphatic carbocycles. The summed E-state index contributed by atoms with van der Waals surface area (Å²) in [7, 11) is 1.63. The Labute approximate surface area is 113 Å². The average Bonchev–Trinajstić information content (AvgIpc) is 2.36. The van der Waals surface area contributed by atoms with Gasteiger partial charge in [0.25, 0.3) is 0 Å². The van der Waals surface area contributed by atoms with Gasteiger partial charge in [-0.15, -0.1) is 0 Å². The molecule has 2 aromatic carbocycles. The summed E-state index contributed by atoms with van der Waals surface area (Å²) in [6, 6.07) is 10.3. The largest absolute Gasteiger partial charge is 0.497 e. The Morgan fingerprint density at radius 1 is 1.11 bits per heavy atom. The molecule has 0 radical (unpaired) electrons. The van der Waals surface area contributed by atoms with Gasteiger partial charge in [0, 0.05) is 0 Å². The Bertz CT molecular complexity index is 575. The molecule has 0 bridgehead atoms. The number of benzene rings is 2. The molecule has 0 aliphatic heterocycles. The zero-order chi connectivity index (χ0) is 14.0. The van der Waals surface area contributed by atoms with Gasteiger partial charge in [-0.1, -0.05) is 12.1 Å². The minimum absolute atomic E-state index is 0.253. The normalized spacial score (nSPS) is 12.3. The summed E-state index contributed by atoms with van der Waals surface area (Å²) in [5.41, 5.74) is 9.91. The van der Waals surface area contributed by atoms with Gasteiger partial charge in [-0.3, -0.25) is 0 Å². The molecule has 0 amide bonds. The van der Waals surface area contributed by atoms with Crippen LogP contribution in [0.5, 0.6) is 5.75 Å².